The highest BCUT2D eigenvalue weighted by Gasteiger charge is 2.19. The SMILES string of the molecule is CCOc1cc(C)c(-c2nc3ccccc3c(=O)n2N=Cc2cc(Cl)ccc2OCC(=O)Nc2ccc(C)cc2)cc1C(C)C. The van der Waals surface area contributed by atoms with Crippen LogP contribution in [0.25, 0.3) is 22.3 Å². The molecular formula is C36H35ClN4O4. The summed E-state index contributed by atoms with van der Waals surface area (Å²) < 4.78 is 13.1. The van der Waals surface area contributed by atoms with Gasteiger partial charge in [0.2, 0.25) is 0 Å². The van der Waals surface area contributed by atoms with Crippen molar-refractivity contribution >= 4 is 40.3 Å². The van der Waals surface area contributed by atoms with Crippen molar-refractivity contribution in [2.75, 3.05) is 18.5 Å². The lowest BCUT2D eigenvalue weighted by Crippen LogP contribution is -2.21. The number of carbonyl (C=O) groups excluding carboxylic acids is 1. The fraction of sp³-hybridized carbons (Fsp3) is 0.222. The van der Waals surface area contributed by atoms with Crippen molar-refractivity contribution in [1.29, 1.82) is 0 Å². The Morgan fingerprint density at radius 1 is 1.00 bits per heavy atom. The van der Waals surface area contributed by atoms with E-state index in [0.29, 0.717) is 45.4 Å². The molecule has 0 saturated heterocycles. The van der Waals surface area contributed by atoms with Gasteiger partial charge in [-0.25, -0.2) is 4.98 Å². The highest BCUT2D eigenvalue weighted by Crippen LogP contribution is 2.34. The number of fused-ring (bicyclic) bond motifs is 1. The monoisotopic (exact) mass is 622 g/mol. The van der Waals surface area contributed by atoms with Crippen molar-refractivity contribution in [2.24, 2.45) is 5.10 Å². The number of ether oxygens (including phenoxy) is 2. The maximum absolute atomic E-state index is 13.9. The average molecular weight is 623 g/mol. The zero-order chi connectivity index (χ0) is 32.1. The molecule has 1 N–H and O–H groups in total. The average Bonchev–Trinajstić information content (AvgIpc) is 3.01. The summed E-state index contributed by atoms with van der Waals surface area (Å²) in [6, 6.07) is 23.7. The summed E-state index contributed by atoms with van der Waals surface area (Å²) in [7, 11) is 0. The zero-order valence-corrected chi connectivity index (χ0v) is 26.7. The number of hydrogen-bond donors (Lipinski definition) is 1. The first-order valence-electron chi connectivity index (χ1n) is 14.8. The number of nitrogens with zero attached hydrogens (tertiary/aromatic N) is 3. The van der Waals surface area contributed by atoms with Gasteiger partial charge in [0.1, 0.15) is 11.5 Å². The minimum atomic E-state index is -0.326. The van der Waals surface area contributed by atoms with Gasteiger partial charge < -0.3 is 14.8 Å². The molecule has 1 aromatic heterocycles. The fourth-order valence-corrected chi connectivity index (χ4v) is 5.11. The molecule has 0 radical (unpaired) electrons. The topological polar surface area (TPSA) is 94.8 Å². The summed E-state index contributed by atoms with van der Waals surface area (Å²) in [4.78, 5) is 31.4. The second-order valence-corrected chi connectivity index (χ2v) is 11.4. The van der Waals surface area contributed by atoms with Gasteiger partial charge in [0.15, 0.2) is 12.4 Å². The van der Waals surface area contributed by atoms with Gasteiger partial charge in [0, 0.05) is 21.8 Å². The molecule has 4 aromatic carbocycles. The summed E-state index contributed by atoms with van der Waals surface area (Å²) in [5.74, 6) is 1.42. The minimum absolute atomic E-state index is 0.171. The molecule has 0 bridgehead atoms. The van der Waals surface area contributed by atoms with Crippen molar-refractivity contribution in [3.05, 3.63) is 116 Å². The Morgan fingerprint density at radius 2 is 1.76 bits per heavy atom. The number of aryl methyl sites for hydroxylation is 2. The number of aromatic nitrogens is 2. The van der Waals surface area contributed by atoms with Gasteiger partial charge in [0.05, 0.1) is 23.7 Å². The zero-order valence-electron chi connectivity index (χ0n) is 25.9. The Morgan fingerprint density at radius 3 is 2.49 bits per heavy atom. The van der Waals surface area contributed by atoms with E-state index in [1.54, 1.807) is 30.3 Å². The second kappa shape index (κ2) is 13.8. The molecule has 0 aliphatic rings. The number of nitrogens with one attached hydrogen (secondary N) is 1. The largest absolute Gasteiger partial charge is 0.494 e. The molecule has 8 nitrogen and oxygen atoms in total. The number of hydrogen-bond acceptors (Lipinski definition) is 6. The fourth-order valence-electron chi connectivity index (χ4n) is 4.92. The summed E-state index contributed by atoms with van der Waals surface area (Å²) in [6.07, 6.45) is 1.49. The molecule has 0 aliphatic heterocycles. The number of carbonyl (C=O) groups is 1. The second-order valence-electron chi connectivity index (χ2n) is 11.0. The van der Waals surface area contributed by atoms with Crippen LogP contribution < -0.4 is 20.3 Å². The number of halogens is 1. The number of amides is 1. The third-order valence-electron chi connectivity index (χ3n) is 7.25. The first-order valence-corrected chi connectivity index (χ1v) is 15.1. The van der Waals surface area contributed by atoms with E-state index in [2.05, 4.69) is 24.3 Å². The van der Waals surface area contributed by atoms with E-state index in [-0.39, 0.29) is 24.0 Å². The summed E-state index contributed by atoms with van der Waals surface area (Å²) >= 11 is 6.34. The predicted octanol–water partition coefficient (Wildman–Crippen LogP) is 7.76. The van der Waals surface area contributed by atoms with Gasteiger partial charge >= 0.3 is 0 Å². The maximum Gasteiger partial charge on any atom is 0.282 e. The number of anilines is 1. The lowest BCUT2D eigenvalue weighted by atomic mass is 9.96. The summed E-state index contributed by atoms with van der Waals surface area (Å²) in [5.41, 5.74) is 5.15. The highest BCUT2D eigenvalue weighted by atomic mass is 35.5. The molecule has 0 atom stereocenters. The molecule has 1 heterocycles. The van der Waals surface area contributed by atoms with Crippen LogP contribution in [0.3, 0.4) is 0 Å². The molecule has 5 rings (SSSR count). The molecule has 9 heteroatoms. The maximum atomic E-state index is 13.9. The third-order valence-corrected chi connectivity index (χ3v) is 7.49. The summed E-state index contributed by atoms with van der Waals surface area (Å²) in [6.45, 7) is 10.4. The van der Waals surface area contributed by atoms with Crippen molar-refractivity contribution in [3.8, 4) is 22.9 Å². The molecule has 0 unspecified atom stereocenters. The van der Waals surface area contributed by atoms with E-state index in [1.165, 1.54) is 10.9 Å². The number of benzene rings is 4. The first kappa shape index (κ1) is 31.5. The van der Waals surface area contributed by atoms with Gasteiger partial charge in [-0.15, -0.1) is 0 Å². The Hall–Kier alpha value is -4.95. The van der Waals surface area contributed by atoms with Crippen molar-refractivity contribution in [1.82, 2.24) is 9.66 Å². The Bertz CT molecular complexity index is 1950. The van der Waals surface area contributed by atoms with Crippen LogP contribution in [0.5, 0.6) is 11.5 Å². The molecule has 45 heavy (non-hydrogen) atoms. The lowest BCUT2D eigenvalue weighted by Gasteiger charge is -2.18. The predicted molar refractivity (Wildman–Crippen MR) is 181 cm³/mol. The van der Waals surface area contributed by atoms with E-state index >= 15 is 0 Å². The number of para-hydroxylation sites is 1. The van der Waals surface area contributed by atoms with Crippen LogP contribution in [0, 0.1) is 13.8 Å². The molecule has 0 spiro atoms. The van der Waals surface area contributed by atoms with Crippen LogP contribution in [0.15, 0.2) is 88.8 Å². The van der Waals surface area contributed by atoms with Crippen LogP contribution in [0.1, 0.15) is 48.9 Å². The molecular weight excluding hydrogens is 588 g/mol. The van der Waals surface area contributed by atoms with Crippen LogP contribution in [0.4, 0.5) is 5.69 Å². The smallest absolute Gasteiger partial charge is 0.282 e. The number of rotatable bonds is 10. The van der Waals surface area contributed by atoms with Crippen LogP contribution in [0.2, 0.25) is 5.02 Å². The molecule has 5 aromatic rings. The standard InChI is InChI=1S/C36H35ClN4O4/c1-6-44-33-17-24(5)30(19-29(33)22(2)3)35-40-31-10-8-7-9-28(31)36(43)41(35)38-20-25-18-26(37)13-16-32(25)45-21-34(42)39-27-14-11-23(4)12-15-27/h7-20,22H,6,21H2,1-5H3,(H,39,42). The lowest BCUT2D eigenvalue weighted by molar-refractivity contribution is -0.118. The van der Waals surface area contributed by atoms with E-state index in [9.17, 15) is 9.59 Å². The van der Waals surface area contributed by atoms with Crippen molar-refractivity contribution in [2.45, 2.75) is 40.5 Å². The van der Waals surface area contributed by atoms with Gasteiger partial charge in [-0.2, -0.15) is 9.78 Å². The Kier molecular flexibility index (Phi) is 9.64. The van der Waals surface area contributed by atoms with E-state index < -0.39 is 0 Å². The minimum Gasteiger partial charge on any atom is -0.494 e. The van der Waals surface area contributed by atoms with E-state index in [0.717, 1.165) is 28.0 Å². The van der Waals surface area contributed by atoms with Gasteiger partial charge in [-0.1, -0.05) is 55.3 Å². The highest BCUT2D eigenvalue weighted by molar-refractivity contribution is 6.30. The molecule has 230 valence electrons. The molecule has 0 aliphatic carbocycles. The van der Waals surface area contributed by atoms with Gasteiger partial charge in [-0.05, 0) is 92.4 Å². The summed E-state index contributed by atoms with van der Waals surface area (Å²) in [5, 5.41) is 8.33. The molecule has 1 amide bonds. The first-order chi connectivity index (χ1) is 21.6. The van der Waals surface area contributed by atoms with Gasteiger partial charge in [0.25, 0.3) is 11.5 Å². The molecule has 0 saturated carbocycles. The Balaban J connectivity index is 1.54. The quantitative estimate of drug-likeness (QED) is 0.161. The van der Waals surface area contributed by atoms with Crippen LogP contribution in [-0.4, -0.2) is 35.0 Å². The van der Waals surface area contributed by atoms with E-state index in [4.69, 9.17) is 26.1 Å². The third kappa shape index (κ3) is 7.24. The van der Waals surface area contributed by atoms with Crippen molar-refractivity contribution < 1.29 is 14.3 Å². The normalized spacial score (nSPS) is 11.4. The van der Waals surface area contributed by atoms with Crippen LogP contribution in [-0.2, 0) is 4.79 Å². The Labute approximate surface area is 267 Å². The van der Waals surface area contributed by atoms with E-state index in [1.807, 2.05) is 69.3 Å². The van der Waals surface area contributed by atoms with Gasteiger partial charge in [-0.3, -0.25) is 9.59 Å². The van der Waals surface area contributed by atoms with Crippen molar-refractivity contribution in [3.63, 3.8) is 0 Å². The van der Waals surface area contributed by atoms with Crippen LogP contribution >= 0.6 is 11.6 Å². The molecule has 0 fully saturated rings.